The Labute approximate surface area is 145 Å². The van der Waals surface area contributed by atoms with E-state index < -0.39 is 0 Å². The zero-order valence-electron chi connectivity index (χ0n) is 14.2. The maximum absolute atomic E-state index is 12.4. The van der Waals surface area contributed by atoms with Crippen molar-refractivity contribution in [3.8, 4) is 0 Å². The number of ether oxygens (including phenoxy) is 1. The van der Waals surface area contributed by atoms with Crippen LogP contribution < -0.4 is 5.56 Å². The lowest BCUT2D eigenvalue weighted by Crippen LogP contribution is -2.34. The van der Waals surface area contributed by atoms with E-state index in [2.05, 4.69) is 4.98 Å². The lowest BCUT2D eigenvalue weighted by Gasteiger charge is -2.21. The predicted molar refractivity (Wildman–Crippen MR) is 94.1 cm³/mol. The standard InChI is InChI=1S/C19H20N2O4/c1-13-5-6-17-14(8-13)9-15(19(23)20-17)10-21(18(22)12-24-2)11-16-4-3-7-25-16/h3-9H,10-12H2,1-2H3,(H,20,23). The molecular formula is C19H20N2O4. The van der Waals surface area contributed by atoms with Gasteiger partial charge >= 0.3 is 0 Å². The lowest BCUT2D eigenvalue weighted by atomic mass is 10.1. The van der Waals surface area contributed by atoms with Gasteiger partial charge in [-0.25, -0.2) is 0 Å². The third-order valence-corrected chi connectivity index (χ3v) is 3.99. The third kappa shape index (κ3) is 3.97. The van der Waals surface area contributed by atoms with Crippen LogP contribution in [0.1, 0.15) is 16.9 Å². The smallest absolute Gasteiger partial charge is 0.253 e. The molecule has 0 fully saturated rings. The number of amides is 1. The van der Waals surface area contributed by atoms with Gasteiger partial charge in [0.2, 0.25) is 5.91 Å². The Balaban J connectivity index is 1.92. The number of methoxy groups -OCH3 is 1. The largest absolute Gasteiger partial charge is 0.467 e. The number of benzene rings is 1. The number of carbonyl (C=O) groups excluding carboxylic acids is 1. The maximum atomic E-state index is 12.4. The number of pyridine rings is 1. The van der Waals surface area contributed by atoms with Gasteiger partial charge in [0.25, 0.3) is 5.56 Å². The van der Waals surface area contributed by atoms with Crippen molar-refractivity contribution in [2.24, 2.45) is 0 Å². The number of H-pyrrole nitrogens is 1. The van der Waals surface area contributed by atoms with Crippen LogP contribution in [-0.2, 0) is 22.6 Å². The molecule has 1 amide bonds. The summed E-state index contributed by atoms with van der Waals surface area (Å²) >= 11 is 0. The molecule has 0 spiro atoms. The Bertz CT molecular complexity index is 928. The molecule has 6 nitrogen and oxygen atoms in total. The Morgan fingerprint density at radius 3 is 2.80 bits per heavy atom. The minimum atomic E-state index is -0.206. The second-order valence-electron chi connectivity index (χ2n) is 5.98. The van der Waals surface area contributed by atoms with Crippen LogP contribution >= 0.6 is 0 Å². The summed E-state index contributed by atoms with van der Waals surface area (Å²) in [5.74, 6) is 0.445. The van der Waals surface area contributed by atoms with E-state index in [-0.39, 0.29) is 31.2 Å². The predicted octanol–water partition coefficient (Wildman–Crippen LogP) is 2.60. The Morgan fingerprint density at radius 2 is 2.08 bits per heavy atom. The van der Waals surface area contributed by atoms with E-state index in [1.165, 1.54) is 7.11 Å². The SMILES string of the molecule is COCC(=O)N(Cc1ccco1)Cc1cc2cc(C)ccc2[nH]c1=O. The summed E-state index contributed by atoms with van der Waals surface area (Å²) in [6.45, 7) is 2.41. The zero-order valence-corrected chi connectivity index (χ0v) is 14.2. The van der Waals surface area contributed by atoms with Gasteiger partial charge in [-0.3, -0.25) is 9.59 Å². The number of nitrogens with one attached hydrogen (secondary N) is 1. The minimum absolute atomic E-state index is 0.0503. The monoisotopic (exact) mass is 340 g/mol. The quantitative estimate of drug-likeness (QED) is 0.748. The molecule has 2 heterocycles. The van der Waals surface area contributed by atoms with E-state index >= 15 is 0 Å². The molecule has 3 aromatic rings. The average molecular weight is 340 g/mol. The van der Waals surface area contributed by atoms with Crippen LogP contribution in [0.25, 0.3) is 10.9 Å². The van der Waals surface area contributed by atoms with Gasteiger partial charge in [0, 0.05) is 18.2 Å². The number of hydrogen-bond donors (Lipinski definition) is 1. The van der Waals surface area contributed by atoms with Crippen molar-refractivity contribution in [3.63, 3.8) is 0 Å². The van der Waals surface area contributed by atoms with Gasteiger partial charge in [-0.05, 0) is 42.6 Å². The molecule has 0 bridgehead atoms. The molecular weight excluding hydrogens is 320 g/mol. The fourth-order valence-corrected chi connectivity index (χ4v) is 2.73. The topological polar surface area (TPSA) is 75.5 Å². The molecule has 6 heteroatoms. The summed E-state index contributed by atoms with van der Waals surface area (Å²) in [5, 5.41) is 0.937. The first-order valence-electron chi connectivity index (χ1n) is 7.98. The number of aromatic amines is 1. The number of aryl methyl sites for hydroxylation is 1. The van der Waals surface area contributed by atoms with E-state index in [0.29, 0.717) is 11.3 Å². The summed E-state index contributed by atoms with van der Waals surface area (Å²) in [5.41, 5.74) is 2.20. The van der Waals surface area contributed by atoms with Gasteiger partial charge in [-0.2, -0.15) is 0 Å². The van der Waals surface area contributed by atoms with Crippen LogP contribution in [0.15, 0.2) is 51.9 Å². The fourth-order valence-electron chi connectivity index (χ4n) is 2.73. The first-order chi connectivity index (χ1) is 12.1. The number of carbonyl (C=O) groups is 1. The highest BCUT2D eigenvalue weighted by Crippen LogP contribution is 2.15. The van der Waals surface area contributed by atoms with E-state index in [9.17, 15) is 9.59 Å². The number of nitrogens with zero attached hydrogens (tertiary/aromatic N) is 1. The summed E-state index contributed by atoms with van der Waals surface area (Å²) in [7, 11) is 1.47. The molecule has 0 aliphatic carbocycles. The van der Waals surface area contributed by atoms with Crippen LogP contribution in [0, 0.1) is 6.92 Å². The molecule has 0 saturated carbocycles. The Hall–Kier alpha value is -2.86. The molecule has 0 radical (unpaired) electrons. The van der Waals surface area contributed by atoms with Gasteiger partial charge in [-0.15, -0.1) is 0 Å². The molecule has 3 rings (SSSR count). The van der Waals surface area contributed by atoms with E-state index in [1.807, 2.05) is 31.2 Å². The molecule has 0 aliphatic rings. The Morgan fingerprint density at radius 1 is 1.24 bits per heavy atom. The molecule has 0 saturated heterocycles. The number of aromatic nitrogens is 1. The first-order valence-corrected chi connectivity index (χ1v) is 7.98. The molecule has 130 valence electrons. The lowest BCUT2D eigenvalue weighted by molar-refractivity contribution is -0.136. The van der Waals surface area contributed by atoms with Crippen molar-refractivity contribution in [2.75, 3.05) is 13.7 Å². The third-order valence-electron chi connectivity index (χ3n) is 3.99. The highest BCUT2D eigenvalue weighted by Gasteiger charge is 2.17. The zero-order chi connectivity index (χ0) is 17.8. The van der Waals surface area contributed by atoms with Crippen molar-refractivity contribution in [1.29, 1.82) is 0 Å². The van der Waals surface area contributed by atoms with Crippen molar-refractivity contribution < 1.29 is 13.9 Å². The molecule has 25 heavy (non-hydrogen) atoms. The van der Waals surface area contributed by atoms with E-state index in [4.69, 9.17) is 9.15 Å². The van der Waals surface area contributed by atoms with Gasteiger partial charge in [0.05, 0.1) is 19.4 Å². The number of rotatable bonds is 6. The fraction of sp³-hybridized carbons (Fsp3) is 0.263. The van der Waals surface area contributed by atoms with Gasteiger partial charge in [0.15, 0.2) is 0 Å². The van der Waals surface area contributed by atoms with Crippen molar-refractivity contribution in [2.45, 2.75) is 20.0 Å². The Kier molecular flexibility index (Phi) is 5.00. The van der Waals surface area contributed by atoms with E-state index in [1.54, 1.807) is 23.3 Å². The van der Waals surface area contributed by atoms with Crippen molar-refractivity contribution in [3.05, 3.63) is 69.9 Å². The van der Waals surface area contributed by atoms with Gasteiger partial charge in [-0.1, -0.05) is 11.6 Å². The summed E-state index contributed by atoms with van der Waals surface area (Å²) in [6.07, 6.45) is 1.56. The maximum Gasteiger partial charge on any atom is 0.253 e. The van der Waals surface area contributed by atoms with Gasteiger partial charge < -0.3 is 19.0 Å². The summed E-state index contributed by atoms with van der Waals surface area (Å²) < 4.78 is 10.3. The summed E-state index contributed by atoms with van der Waals surface area (Å²) in [4.78, 5) is 29.2. The van der Waals surface area contributed by atoms with Crippen LogP contribution in [0.5, 0.6) is 0 Å². The number of fused-ring (bicyclic) bond motifs is 1. The summed E-state index contributed by atoms with van der Waals surface area (Å²) in [6, 6.07) is 11.2. The highest BCUT2D eigenvalue weighted by atomic mass is 16.5. The molecule has 1 aromatic carbocycles. The molecule has 2 aromatic heterocycles. The van der Waals surface area contributed by atoms with Crippen LogP contribution in [0.2, 0.25) is 0 Å². The highest BCUT2D eigenvalue weighted by molar-refractivity contribution is 5.80. The normalized spacial score (nSPS) is 11.0. The number of hydrogen-bond acceptors (Lipinski definition) is 4. The second-order valence-corrected chi connectivity index (χ2v) is 5.98. The van der Waals surface area contributed by atoms with Crippen molar-refractivity contribution >= 4 is 16.8 Å². The molecule has 0 unspecified atom stereocenters. The van der Waals surface area contributed by atoms with Gasteiger partial charge in [0.1, 0.15) is 12.4 Å². The van der Waals surface area contributed by atoms with Crippen molar-refractivity contribution in [1.82, 2.24) is 9.88 Å². The van der Waals surface area contributed by atoms with Crippen LogP contribution in [0.3, 0.4) is 0 Å². The number of furan rings is 1. The molecule has 1 N–H and O–H groups in total. The minimum Gasteiger partial charge on any atom is -0.467 e. The molecule has 0 aliphatic heterocycles. The van der Waals surface area contributed by atoms with Crippen LogP contribution in [0.4, 0.5) is 0 Å². The molecule has 0 atom stereocenters. The second kappa shape index (κ2) is 7.36. The van der Waals surface area contributed by atoms with Crippen LogP contribution in [-0.4, -0.2) is 29.5 Å². The average Bonchev–Trinajstić information content (AvgIpc) is 3.08. The van der Waals surface area contributed by atoms with E-state index in [0.717, 1.165) is 16.5 Å². The first kappa shape index (κ1) is 17.0.